The first-order valence-corrected chi connectivity index (χ1v) is 8.34. The quantitative estimate of drug-likeness (QED) is 0.578. The van der Waals surface area contributed by atoms with E-state index in [1.54, 1.807) is 24.3 Å². The van der Waals surface area contributed by atoms with Crippen molar-refractivity contribution < 1.29 is 7.65 Å². The molecule has 4 rings (SSSR count). The number of likely N-dealkylation sites (N-methyl/N-ethyl adjacent to an activating group) is 1. The lowest BCUT2D eigenvalue weighted by molar-refractivity contribution is 0.0791. The van der Waals surface area contributed by atoms with Gasteiger partial charge in [0.25, 0.3) is 5.91 Å². The number of H-pyrrole nitrogens is 2. The first-order chi connectivity index (χ1) is 12.7. The SMILES string of the molecule is CN(CCc1ccccn1)C(=O)c1cc(-c2ncnc3[nH]ccc23)c[nH]1.[HH].[HH]. The van der Waals surface area contributed by atoms with E-state index in [1.807, 2.05) is 36.5 Å². The second-order valence-electron chi connectivity index (χ2n) is 6.06. The second kappa shape index (κ2) is 6.79. The van der Waals surface area contributed by atoms with Crippen LogP contribution in [0.15, 0.2) is 55.2 Å². The van der Waals surface area contributed by atoms with Crippen LogP contribution in [0.3, 0.4) is 0 Å². The number of hydrogen-bond donors (Lipinski definition) is 2. The van der Waals surface area contributed by atoms with Gasteiger partial charge in [0.05, 0.1) is 5.69 Å². The van der Waals surface area contributed by atoms with Gasteiger partial charge < -0.3 is 14.9 Å². The highest BCUT2D eigenvalue weighted by molar-refractivity contribution is 5.96. The number of nitrogens with one attached hydrogen (secondary N) is 2. The van der Waals surface area contributed by atoms with Gasteiger partial charge in [-0.3, -0.25) is 9.78 Å². The molecule has 0 unspecified atom stereocenters. The van der Waals surface area contributed by atoms with Crippen molar-refractivity contribution in [3.63, 3.8) is 0 Å². The summed E-state index contributed by atoms with van der Waals surface area (Å²) in [6.07, 6.45) is 7.62. The molecular formula is C19H22N6O. The van der Waals surface area contributed by atoms with Crippen molar-refractivity contribution in [2.24, 2.45) is 0 Å². The Labute approximate surface area is 153 Å². The number of pyridine rings is 1. The molecule has 26 heavy (non-hydrogen) atoms. The number of aromatic nitrogens is 5. The smallest absolute Gasteiger partial charge is 0.270 e. The largest absolute Gasteiger partial charge is 0.357 e. The van der Waals surface area contributed by atoms with Crippen LogP contribution in [-0.2, 0) is 6.42 Å². The molecule has 0 spiro atoms. The molecule has 0 aliphatic heterocycles. The molecule has 1 amide bonds. The summed E-state index contributed by atoms with van der Waals surface area (Å²) in [5, 5.41) is 0.925. The van der Waals surface area contributed by atoms with E-state index in [-0.39, 0.29) is 8.76 Å². The number of fused-ring (bicyclic) bond motifs is 1. The van der Waals surface area contributed by atoms with Crippen LogP contribution in [0.25, 0.3) is 22.3 Å². The highest BCUT2D eigenvalue weighted by atomic mass is 16.2. The summed E-state index contributed by atoms with van der Waals surface area (Å²) in [5.74, 6) is -0.0634. The van der Waals surface area contributed by atoms with Gasteiger partial charge in [0.1, 0.15) is 17.7 Å². The fourth-order valence-electron chi connectivity index (χ4n) is 2.89. The van der Waals surface area contributed by atoms with Gasteiger partial charge in [-0.1, -0.05) is 6.07 Å². The summed E-state index contributed by atoms with van der Waals surface area (Å²) in [4.78, 5) is 33.3. The predicted octanol–water partition coefficient (Wildman–Crippen LogP) is 3.15. The number of carbonyl (C=O) groups is 1. The van der Waals surface area contributed by atoms with Crippen LogP contribution in [0, 0.1) is 0 Å². The maximum atomic E-state index is 12.7. The minimum Gasteiger partial charge on any atom is -0.357 e. The van der Waals surface area contributed by atoms with Crippen LogP contribution in [-0.4, -0.2) is 49.3 Å². The fraction of sp³-hybridized carbons (Fsp3) is 0.158. The van der Waals surface area contributed by atoms with Gasteiger partial charge in [0.15, 0.2) is 0 Å². The minimum atomic E-state index is -0.0634. The number of rotatable bonds is 5. The minimum absolute atomic E-state index is 0. The topological polar surface area (TPSA) is 90.6 Å². The zero-order valence-corrected chi connectivity index (χ0v) is 14.3. The molecule has 4 aromatic heterocycles. The van der Waals surface area contributed by atoms with Crippen LogP contribution < -0.4 is 0 Å². The van der Waals surface area contributed by atoms with Gasteiger partial charge in [-0.25, -0.2) is 9.97 Å². The zero-order chi connectivity index (χ0) is 17.9. The Morgan fingerprint density at radius 2 is 2.12 bits per heavy atom. The lowest BCUT2D eigenvalue weighted by atomic mass is 10.1. The summed E-state index contributed by atoms with van der Waals surface area (Å²) >= 11 is 0. The van der Waals surface area contributed by atoms with Crippen LogP contribution in [0.2, 0.25) is 0 Å². The number of aromatic amines is 2. The molecule has 0 atom stereocenters. The maximum Gasteiger partial charge on any atom is 0.270 e. The van der Waals surface area contributed by atoms with E-state index in [0.717, 1.165) is 28.0 Å². The van der Waals surface area contributed by atoms with Crippen LogP contribution in [0.4, 0.5) is 0 Å². The molecule has 0 fully saturated rings. The van der Waals surface area contributed by atoms with Crippen LogP contribution in [0.1, 0.15) is 19.0 Å². The number of hydrogen-bond acceptors (Lipinski definition) is 4. The van der Waals surface area contributed by atoms with Crippen molar-refractivity contribution in [1.82, 2.24) is 29.8 Å². The highest BCUT2D eigenvalue weighted by Crippen LogP contribution is 2.25. The van der Waals surface area contributed by atoms with E-state index < -0.39 is 0 Å². The fourth-order valence-corrected chi connectivity index (χ4v) is 2.89. The molecule has 0 radical (unpaired) electrons. The van der Waals surface area contributed by atoms with Gasteiger partial charge in [-0.05, 0) is 24.3 Å². The third-order valence-electron chi connectivity index (χ3n) is 4.32. The van der Waals surface area contributed by atoms with Crippen molar-refractivity contribution in [3.8, 4) is 11.3 Å². The van der Waals surface area contributed by atoms with Crippen molar-refractivity contribution in [3.05, 3.63) is 66.6 Å². The zero-order valence-electron chi connectivity index (χ0n) is 14.3. The van der Waals surface area contributed by atoms with Crippen molar-refractivity contribution >= 4 is 16.9 Å². The third-order valence-corrected chi connectivity index (χ3v) is 4.32. The molecule has 7 nitrogen and oxygen atoms in total. The molecule has 2 N–H and O–H groups in total. The average molecular weight is 350 g/mol. The van der Waals surface area contributed by atoms with Crippen molar-refractivity contribution in [2.45, 2.75) is 6.42 Å². The van der Waals surface area contributed by atoms with Gasteiger partial charge >= 0.3 is 0 Å². The molecular weight excluding hydrogens is 328 g/mol. The third kappa shape index (κ3) is 3.06. The molecule has 4 aromatic rings. The number of nitrogens with zero attached hydrogens (tertiary/aromatic N) is 4. The highest BCUT2D eigenvalue weighted by Gasteiger charge is 2.16. The molecule has 0 aliphatic rings. The average Bonchev–Trinajstić information content (AvgIpc) is 3.35. The van der Waals surface area contributed by atoms with E-state index in [2.05, 4.69) is 24.9 Å². The normalized spacial score (nSPS) is 11.0. The summed E-state index contributed by atoms with van der Waals surface area (Å²) in [7, 11) is 1.79. The molecule has 134 valence electrons. The monoisotopic (exact) mass is 350 g/mol. The lowest BCUT2D eigenvalue weighted by Crippen LogP contribution is -2.29. The Balaban J connectivity index is 0.00000140. The van der Waals surface area contributed by atoms with Gasteiger partial charge in [-0.15, -0.1) is 0 Å². The standard InChI is InChI=1S/C19H18N6O.2H2/c1-25(9-6-14-4-2-3-7-20-14)19(26)16-10-13(11-22-16)17-15-5-8-21-18(15)24-12-23-17;;/h2-5,7-8,10-12,22H,6,9H2,1H3,(H,21,23,24);2*1H. The Morgan fingerprint density at radius 3 is 2.96 bits per heavy atom. The van der Waals surface area contributed by atoms with E-state index in [1.165, 1.54) is 6.33 Å². The summed E-state index contributed by atoms with van der Waals surface area (Å²) in [6.45, 7) is 0.597. The van der Waals surface area contributed by atoms with Crippen LogP contribution >= 0.6 is 0 Å². The van der Waals surface area contributed by atoms with Crippen molar-refractivity contribution in [1.29, 1.82) is 0 Å². The summed E-state index contributed by atoms with van der Waals surface area (Å²) in [5.41, 5.74) is 3.93. The second-order valence-corrected chi connectivity index (χ2v) is 6.06. The first-order valence-electron chi connectivity index (χ1n) is 8.34. The maximum absolute atomic E-state index is 12.7. The van der Waals surface area contributed by atoms with Gasteiger partial charge in [0, 0.05) is 58.1 Å². The number of carbonyl (C=O) groups excluding carboxylic acids is 1. The molecule has 4 heterocycles. The van der Waals surface area contributed by atoms with E-state index >= 15 is 0 Å². The first kappa shape index (κ1) is 16.0. The molecule has 0 aliphatic carbocycles. The number of amides is 1. The Morgan fingerprint density at radius 1 is 1.19 bits per heavy atom. The van der Waals surface area contributed by atoms with Gasteiger partial charge in [0.2, 0.25) is 0 Å². The molecule has 0 aromatic carbocycles. The Bertz CT molecular complexity index is 1050. The predicted molar refractivity (Wildman–Crippen MR) is 103 cm³/mol. The molecule has 0 saturated carbocycles. The lowest BCUT2D eigenvalue weighted by Gasteiger charge is -2.15. The molecule has 7 heteroatoms. The summed E-state index contributed by atoms with van der Waals surface area (Å²) < 4.78 is 0. The van der Waals surface area contributed by atoms with E-state index in [0.29, 0.717) is 18.7 Å². The van der Waals surface area contributed by atoms with E-state index in [9.17, 15) is 4.79 Å². The van der Waals surface area contributed by atoms with Crippen molar-refractivity contribution in [2.75, 3.05) is 13.6 Å². The van der Waals surface area contributed by atoms with Gasteiger partial charge in [-0.2, -0.15) is 0 Å². The summed E-state index contributed by atoms with van der Waals surface area (Å²) in [6, 6.07) is 9.55. The molecule has 0 saturated heterocycles. The van der Waals surface area contributed by atoms with E-state index in [4.69, 9.17) is 0 Å². The van der Waals surface area contributed by atoms with Crippen LogP contribution in [0.5, 0.6) is 0 Å². The Hall–Kier alpha value is -3.48. The molecule has 0 bridgehead atoms. The Kier molecular flexibility index (Phi) is 4.18.